The second-order valence-corrected chi connectivity index (χ2v) is 4.22. The maximum Gasteiger partial charge on any atom is 0.274 e. The van der Waals surface area contributed by atoms with Gasteiger partial charge in [-0.25, -0.2) is 0 Å². The van der Waals surface area contributed by atoms with Crippen molar-refractivity contribution in [3.8, 4) is 0 Å². The zero-order valence-corrected chi connectivity index (χ0v) is 10.8. The molecular weight excluding hydrogens is 234 g/mol. The Morgan fingerprint density at radius 2 is 2.11 bits per heavy atom. The van der Waals surface area contributed by atoms with E-state index in [0.29, 0.717) is 17.8 Å². The highest BCUT2D eigenvalue weighted by Crippen LogP contribution is 2.13. The van der Waals surface area contributed by atoms with Crippen LogP contribution in [0.5, 0.6) is 0 Å². The Kier molecular flexibility index (Phi) is 4.70. The number of nitrogens with zero attached hydrogens (tertiary/aromatic N) is 1. The molecule has 1 heterocycles. The fourth-order valence-electron chi connectivity index (χ4n) is 1.45. The number of hydrogen-bond acceptors (Lipinski definition) is 4. The molecule has 0 bridgehead atoms. The topological polar surface area (TPSA) is 113 Å². The number of carbonyl (C=O) groups is 2. The number of H-pyrrole nitrogens is 1. The Hall–Kier alpha value is -2.05. The average molecular weight is 253 g/mol. The molecule has 2 amide bonds. The summed E-state index contributed by atoms with van der Waals surface area (Å²) in [5, 5.41) is 11.7. The summed E-state index contributed by atoms with van der Waals surface area (Å²) >= 11 is 0. The first kappa shape index (κ1) is 14.0. The highest BCUT2D eigenvalue weighted by molar-refractivity contribution is 5.99. The Morgan fingerprint density at radius 1 is 1.44 bits per heavy atom. The van der Waals surface area contributed by atoms with Crippen molar-refractivity contribution in [2.75, 3.05) is 12.3 Å². The Balaban J connectivity index is 2.55. The normalized spacial score (nSPS) is 10.4. The molecule has 1 rings (SSSR count). The van der Waals surface area contributed by atoms with Gasteiger partial charge in [0, 0.05) is 6.04 Å². The van der Waals surface area contributed by atoms with Crippen molar-refractivity contribution in [1.82, 2.24) is 20.8 Å². The Bertz CT molecular complexity index is 439. The molecule has 0 saturated heterocycles. The van der Waals surface area contributed by atoms with Gasteiger partial charge in [0.1, 0.15) is 0 Å². The molecule has 0 unspecified atom stereocenters. The van der Waals surface area contributed by atoms with Crippen molar-refractivity contribution in [3.63, 3.8) is 0 Å². The number of aromatic nitrogens is 2. The van der Waals surface area contributed by atoms with Gasteiger partial charge in [-0.3, -0.25) is 14.7 Å². The summed E-state index contributed by atoms with van der Waals surface area (Å²) in [6, 6.07) is 0.0385. The van der Waals surface area contributed by atoms with Gasteiger partial charge in [-0.2, -0.15) is 5.10 Å². The van der Waals surface area contributed by atoms with Crippen LogP contribution in [-0.4, -0.2) is 34.6 Å². The minimum atomic E-state index is -0.456. The minimum Gasteiger partial charge on any atom is -0.395 e. The lowest BCUT2D eigenvalue weighted by molar-refractivity contribution is -0.120. The molecule has 1 aromatic heterocycles. The predicted octanol–water partition coefficient (Wildman–Crippen LogP) is -0.191. The summed E-state index contributed by atoms with van der Waals surface area (Å²) in [7, 11) is 0. The van der Waals surface area contributed by atoms with Crippen molar-refractivity contribution in [3.05, 3.63) is 11.4 Å². The fraction of sp³-hybridized carbons (Fsp3) is 0.545. The third kappa shape index (κ3) is 3.47. The SMILES string of the molecule is CCc1[nH]nc(C(=O)NCC(=O)NC(C)C)c1N. The fourth-order valence-corrected chi connectivity index (χ4v) is 1.45. The maximum atomic E-state index is 11.7. The molecule has 0 aliphatic heterocycles. The molecule has 7 nitrogen and oxygen atoms in total. The van der Waals surface area contributed by atoms with Gasteiger partial charge in [0.05, 0.1) is 17.9 Å². The number of amides is 2. The Morgan fingerprint density at radius 3 is 2.61 bits per heavy atom. The lowest BCUT2D eigenvalue weighted by Gasteiger charge is -2.08. The standard InChI is InChI=1S/C11H19N5O2/c1-4-7-9(12)10(16-15-7)11(18)13-5-8(17)14-6(2)3/h6H,4-5,12H2,1-3H3,(H,13,18)(H,14,17)(H,15,16). The van der Waals surface area contributed by atoms with Gasteiger partial charge < -0.3 is 16.4 Å². The summed E-state index contributed by atoms with van der Waals surface area (Å²) in [6.07, 6.45) is 0.667. The summed E-state index contributed by atoms with van der Waals surface area (Å²) in [5.74, 6) is -0.703. The van der Waals surface area contributed by atoms with E-state index in [0.717, 1.165) is 0 Å². The molecule has 0 radical (unpaired) electrons. The van der Waals surface area contributed by atoms with Gasteiger partial charge in [0.15, 0.2) is 5.69 Å². The van der Waals surface area contributed by atoms with E-state index in [1.807, 2.05) is 20.8 Å². The van der Waals surface area contributed by atoms with Crippen LogP contribution in [0.15, 0.2) is 0 Å². The molecule has 0 aliphatic rings. The maximum absolute atomic E-state index is 11.7. The highest BCUT2D eigenvalue weighted by atomic mass is 16.2. The number of aryl methyl sites for hydroxylation is 1. The van der Waals surface area contributed by atoms with Crippen molar-refractivity contribution in [1.29, 1.82) is 0 Å². The van der Waals surface area contributed by atoms with E-state index in [-0.39, 0.29) is 24.2 Å². The van der Waals surface area contributed by atoms with Crippen LogP contribution in [-0.2, 0) is 11.2 Å². The van der Waals surface area contributed by atoms with Gasteiger partial charge in [-0.15, -0.1) is 0 Å². The molecule has 0 atom stereocenters. The molecule has 0 spiro atoms. The second-order valence-electron chi connectivity index (χ2n) is 4.22. The van der Waals surface area contributed by atoms with Gasteiger partial charge >= 0.3 is 0 Å². The zero-order valence-electron chi connectivity index (χ0n) is 10.8. The van der Waals surface area contributed by atoms with Crippen molar-refractivity contribution in [2.45, 2.75) is 33.2 Å². The van der Waals surface area contributed by atoms with Gasteiger partial charge in [-0.05, 0) is 20.3 Å². The van der Waals surface area contributed by atoms with Gasteiger partial charge in [-0.1, -0.05) is 6.92 Å². The quantitative estimate of drug-likeness (QED) is 0.582. The average Bonchev–Trinajstić information content (AvgIpc) is 2.66. The van der Waals surface area contributed by atoms with E-state index in [1.165, 1.54) is 0 Å². The first-order valence-corrected chi connectivity index (χ1v) is 5.86. The van der Waals surface area contributed by atoms with Crippen LogP contribution in [0.3, 0.4) is 0 Å². The molecule has 0 fully saturated rings. The lowest BCUT2D eigenvalue weighted by atomic mass is 10.2. The van der Waals surface area contributed by atoms with E-state index in [4.69, 9.17) is 5.73 Å². The van der Waals surface area contributed by atoms with Crippen LogP contribution in [0.4, 0.5) is 5.69 Å². The summed E-state index contributed by atoms with van der Waals surface area (Å²) in [6.45, 7) is 5.50. The summed E-state index contributed by atoms with van der Waals surface area (Å²) in [4.78, 5) is 23.1. The molecule has 0 aliphatic carbocycles. The van der Waals surface area contributed by atoms with Crippen molar-refractivity contribution in [2.24, 2.45) is 0 Å². The van der Waals surface area contributed by atoms with Crippen molar-refractivity contribution >= 4 is 17.5 Å². The predicted molar refractivity (Wildman–Crippen MR) is 68.0 cm³/mol. The van der Waals surface area contributed by atoms with Crippen LogP contribution in [0.2, 0.25) is 0 Å². The third-order valence-electron chi connectivity index (χ3n) is 2.31. The number of anilines is 1. The molecule has 0 saturated carbocycles. The molecule has 7 heteroatoms. The smallest absolute Gasteiger partial charge is 0.274 e. The van der Waals surface area contributed by atoms with Crippen LogP contribution in [0.25, 0.3) is 0 Å². The number of hydrogen-bond donors (Lipinski definition) is 4. The van der Waals surface area contributed by atoms with Crippen molar-refractivity contribution < 1.29 is 9.59 Å². The number of carbonyl (C=O) groups excluding carboxylic acids is 2. The van der Waals surface area contributed by atoms with E-state index in [9.17, 15) is 9.59 Å². The van der Waals surface area contributed by atoms with E-state index < -0.39 is 5.91 Å². The lowest BCUT2D eigenvalue weighted by Crippen LogP contribution is -2.40. The van der Waals surface area contributed by atoms with Crippen LogP contribution >= 0.6 is 0 Å². The number of nitrogens with two attached hydrogens (primary N) is 1. The number of nitrogen functional groups attached to an aromatic ring is 1. The highest BCUT2D eigenvalue weighted by Gasteiger charge is 2.16. The molecule has 18 heavy (non-hydrogen) atoms. The molecule has 100 valence electrons. The number of nitrogens with one attached hydrogen (secondary N) is 3. The largest absolute Gasteiger partial charge is 0.395 e. The molecule has 0 aromatic carbocycles. The molecule has 5 N–H and O–H groups in total. The van der Waals surface area contributed by atoms with E-state index in [1.54, 1.807) is 0 Å². The molecular formula is C11H19N5O2. The molecule has 1 aromatic rings. The second kappa shape index (κ2) is 6.04. The third-order valence-corrected chi connectivity index (χ3v) is 2.31. The van der Waals surface area contributed by atoms with E-state index >= 15 is 0 Å². The first-order chi connectivity index (χ1) is 8.45. The summed E-state index contributed by atoms with van der Waals surface area (Å²) < 4.78 is 0. The first-order valence-electron chi connectivity index (χ1n) is 5.86. The monoisotopic (exact) mass is 253 g/mol. The van der Waals surface area contributed by atoms with Crippen LogP contribution in [0, 0.1) is 0 Å². The number of aromatic amines is 1. The minimum absolute atomic E-state index is 0.0385. The van der Waals surface area contributed by atoms with E-state index in [2.05, 4.69) is 20.8 Å². The van der Waals surface area contributed by atoms with Gasteiger partial charge in [0.2, 0.25) is 5.91 Å². The summed E-state index contributed by atoms with van der Waals surface area (Å²) in [5.41, 5.74) is 6.92. The van der Waals surface area contributed by atoms with Crippen LogP contribution in [0.1, 0.15) is 37.0 Å². The Labute approximate surface area is 106 Å². The zero-order chi connectivity index (χ0) is 13.7. The number of rotatable bonds is 5. The van der Waals surface area contributed by atoms with Crippen LogP contribution < -0.4 is 16.4 Å². The van der Waals surface area contributed by atoms with Gasteiger partial charge in [0.25, 0.3) is 5.91 Å².